The highest BCUT2D eigenvalue weighted by Gasteiger charge is 2.16. The minimum Gasteiger partial charge on any atom is -0.497 e. The monoisotopic (exact) mass is 448 g/mol. The van der Waals surface area contributed by atoms with Crippen LogP contribution >= 0.6 is 11.3 Å². The van der Waals surface area contributed by atoms with Crippen molar-refractivity contribution < 1.29 is 22.3 Å². The molecule has 3 aromatic rings. The van der Waals surface area contributed by atoms with Gasteiger partial charge in [0.1, 0.15) is 11.6 Å². The second kappa shape index (κ2) is 9.36. The molecule has 1 amide bonds. The fourth-order valence-corrected chi connectivity index (χ4v) is 4.99. The number of anilines is 1. The van der Waals surface area contributed by atoms with E-state index in [1.807, 2.05) is 31.2 Å². The van der Waals surface area contributed by atoms with Crippen molar-refractivity contribution in [3.8, 4) is 17.0 Å². The van der Waals surface area contributed by atoms with E-state index < -0.39 is 15.7 Å². The van der Waals surface area contributed by atoms with Gasteiger partial charge in [-0.1, -0.05) is 0 Å². The fourth-order valence-electron chi connectivity index (χ4n) is 2.83. The molecule has 3 rings (SSSR count). The van der Waals surface area contributed by atoms with Gasteiger partial charge in [-0.2, -0.15) is 0 Å². The number of thiazole rings is 1. The molecule has 0 radical (unpaired) electrons. The van der Waals surface area contributed by atoms with Gasteiger partial charge >= 0.3 is 0 Å². The Kier molecular flexibility index (Phi) is 6.84. The molecule has 30 heavy (non-hydrogen) atoms. The second-order valence-corrected chi connectivity index (χ2v) is 9.89. The molecule has 0 saturated heterocycles. The lowest BCUT2D eigenvalue weighted by Gasteiger charge is -2.05. The van der Waals surface area contributed by atoms with Crippen LogP contribution in [0, 0.1) is 12.7 Å². The van der Waals surface area contributed by atoms with E-state index in [4.69, 9.17) is 4.74 Å². The highest BCUT2D eigenvalue weighted by atomic mass is 32.2. The van der Waals surface area contributed by atoms with E-state index in [0.717, 1.165) is 34.0 Å². The van der Waals surface area contributed by atoms with E-state index in [1.54, 1.807) is 7.11 Å². The summed E-state index contributed by atoms with van der Waals surface area (Å²) in [5.41, 5.74) is 1.69. The number of aryl methyl sites for hydroxylation is 1. The maximum Gasteiger partial charge on any atom is 0.226 e. The highest BCUT2D eigenvalue weighted by Crippen LogP contribution is 2.31. The van der Waals surface area contributed by atoms with Crippen LogP contribution in [0.2, 0.25) is 0 Å². The third-order valence-corrected chi connectivity index (χ3v) is 7.10. The molecule has 0 aliphatic heterocycles. The van der Waals surface area contributed by atoms with Crippen molar-refractivity contribution in [1.82, 2.24) is 4.98 Å². The smallest absolute Gasteiger partial charge is 0.226 e. The molecule has 0 spiro atoms. The topological polar surface area (TPSA) is 85.4 Å². The lowest BCUT2D eigenvalue weighted by Crippen LogP contribution is -2.14. The maximum absolute atomic E-state index is 13.0. The average molecular weight is 449 g/mol. The zero-order valence-corrected chi connectivity index (χ0v) is 18.1. The van der Waals surface area contributed by atoms with Crippen LogP contribution in [0.4, 0.5) is 9.52 Å². The number of hydrogen-bond donors (Lipinski definition) is 1. The Labute approximate surface area is 178 Å². The Balaban J connectivity index is 1.56. The molecule has 6 nitrogen and oxygen atoms in total. The minimum absolute atomic E-state index is 0.0386. The third kappa shape index (κ3) is 5.43. The summed E-state index contributed by atoms with van der Waals surface area (Å²) in [6.45, 7) is 1.92. The first-order chi connectivity index (χ1) is 14.3. The lowest BCUT2D eigenvalue weighted by atomic mass is 10.1. The van der Waals surface area contributed by atoms with Crippen molar-refractivity contribution in [2.24, 2.45) is 0 Å². The highest BCUT2D eigenvalue weighted by molar-refractivity contribution is 7.91. The number of methoxy groups -OCH3 is 1. The standard InChI is InChI=1S/C21H21FN2O4S2/c1-14-20(15-5-9-17(28-2)10-6-15)24-21(29-14)23-19(25)4-3-13-30(26,27)18-11-7-16(22)8-12-18/h5-12H,3-4,13H2,1-2H3,(H,23,24,25). The first kappa shape index (κ1) is 21.9. The number of benzene rings is 2. The van der Waals surface area contributed by atoms with Gasteiger partial charge in [0.15, 0.2) is 15.0 Å². The summed E-state index contributed by atoms with van der Waals surface area (Å²) >= 11 is 1.36. The Bertz CT molecular complexity index is 1120. The fraction of sp³-hybridized carbons (Fsp3) is 0.238. The van der Waals surface area contributed by atoms with Gasteiger partial charge in [-0.25, -0.2) is 17.8 Å². The first-order valence-corrected chi connectivity index (χ1v) is 11.7. The summed E-state index contributed by atoms with van der Waals surface area (Å²) in [5, 5.41) is 3.19. The molecule has 2 aromatic carbocycles. The second-order valence-electron chi connectivity index (χ2n) is 6.58. The number of rotatable bonds is 8. The van der Waals surface area contributed by atoms with Crippen molar-refractivity contribution in [2.75, 3.05) is 18.2 Å². The quantitative estimate of drug-likeness (QED) is 0.514. The summed E-state index contributed by atoms with van der Waals surface area (Å²) in [6, 6.07) is 12.1. The number of hydrogen-bond acceptors (Lipinski definition) is 6. The molecular weight excluding hydrogens is 427 g/mol. The van der Waals surface area contributed by atoms with E-state index >= 15 is 0 Å². The Morgan fingerprint density at radius 3 is 2.43 bits per heavy atom. The molecule has 9 heteroatoms. The van der Waals surface area contributed by atoms with Crippen molar-refractivity contribution in [3.63, 3.8) is 0 Å². The molecule has 0 aliphatic carbocycles. The zero-order valence-electron chi connectivity index (χ0n) is 16.5. The number of nitrogens with zero attached hydrogens (tertiary/aromatic N) is 1. The summed E-state index contributed by atoms with van der Waals surface area (Å²) in [4.78, 5) is 17.7. The van der Waals surface area contributed by atoms with Crippen LogP contribution in [-0.4, -0.2) is 32.2 Å². The van der Waals surface area contributed by atoms with Gasteiger partial charge in [0.25, 0.3) is 0 Å². The van der Waals surface area contributed by atoms with Gasteiger partial charge in [-0.3, -0.25) is 4.79 Å². The average Bonchev–Trinajstić information content (AvgIpc) is 3.08. The number of ether oxygens (including phenoxy) is 1. The molecule has 1 N–H and O–H groups in total. The molecule has 158 valence electrons. The van der Waals surface area contributed by atoms with Crippen LogP contribution in [0.3, 0.4) is 0 Å². The summed E-state index contributed by atoms with van der Waals surface area (Å²) in [6.07, 6.45) is 0.193. The van der Waals surface area contributed by atoms with Gasteiger partial charge in [0.2, 0.25) is 5.91 Å². The van der Waals surface area contributed by atoms with Crippen LogP contribution in [0.15, 0.2) is 53.4 Å². The molecule has 0 saturated carbocycles. The number of carbonyl (C=O) groups excluding carboxylic acids is 1. The molecule has 0 atom stereocenters. The summed E-state index contributed by atoms with van der Waals surface area (Å²) in [5.74, 6) is -0.254. The number of amides is 1. The van der Waals surface area contributed by atoms with E-state index in [-0.39, 0.29) is 29.4 Å². The minimum atomic E-state index is -3.56. The SMILES string of the molecule is COc1ccc(-c2nc(NC(=O)CCCS(=O)(=O)c3ccc(F)cc3)sc2C)cc1. The van der Waals surface area contributed by atoms with Gasteiger partial charge in [-0.05, 0) is 61.9 Å². The largest absolute Gasteiger partial charge is 0.497 e. The van der Waals surface area contributed by atoms with Crippen LogP contribution in [0.25, 0.3) is 11.3 Å². The number of aromatic nitrogens is 1. The third-order valence-electron chi connectivity index (χ3n) is 4.40. The molecule has 1 heterocycles. The number of halogens is 1. The zero-order chi connectivity index (χ0) is 21.7. The van der Waals surface area contributed by atoms with Gasteiger partial charge in [0, 0.05) is 16.9 Å². The van der Waals surface area contributed by atoms with Gasteiger partial charge < -0.3 is 10.1 Å². The van der Waals surface area contributed by atoms with Crippen molar-refractivity contribution in [1.29, 1.82) is 0 Å². The van der Waals surface area contributed by atoms with Gasteiger partial charge in [-0.15, -0.1) is 11.3 Å². The Hall–Kier alpha value is -2.78. The normalized spacial score (nSPS) is 11.3. The van der Waals surface area contributed by atoms with Gasteiger partial charge in [0.05, 0.1) is 23.5 Å². The molecule has 0 unspecified atom stereocenters. The van der Waals surface area contributed by atoms with Crippen LogP contribution in [0.5, 0.6) is 5.75 Å². The van der Waals surface area contributed by atoms with Crippen LogP contribution in [0.1, 0.15) is 17.7 Å². The molecule has 0 aliphatic rings. The predicted octanol–water partition coefficient (Wildman–Crippen LogP) is 4.46. The van der Waals surface area contributed by atoms with E-state index in [2.05, 4.69) is 10.3 Å². The summed E-state index contributed by atoms with van der Waals surface area (Å²) in [7, 11) is -1.96. The van der Waals surface area contributed by atoms with Crippen molar-refractivity contribution in [2.45, 2.75) is 24.7 Å². The Morgan fingerprint density at radius 2 is 1.80 bits per heavy atom. The number of carbonyl (C=O) groups is 1. The molecule has 0 bridgehead atoms. The van der Waals surface area contributed by atoms with E-state index in [0.29, 0.717) is 5.13 Å². The predicted molar refractivity (Wildman–Crippen MR) is 115 cm³/mol. The molecule has 1 aromatic heterocycles. The van der Waals surface area contributed by atoms with E-state index in [1.165, 1.54) is 23.5 Å². The van der Waals surface area contributed by atoms with Crippen molar-refractivity contribution in [3.05, 3.63) is 59.2 Å². The molecule has 0 fully saturated rings. The maximum atomic E-state index is 13.0. The van der Waals surface area contributed by atoms with Crippen LogP contribution in [-0.2, 0) is 14.6 Å². The first-order valence-electron chi connectivity index (χ1n) is 9.18. The number of nitrogens with one attached hydrogen (secondary N) is 1. The molecular formula is C21H21FN2O4S2. The lowest BCUT2D eigenvalue weighted by molar-refractivity contribution is -0.116. The number of sulfone groups is 1. The Morgan fingerprint density at radius 1 is 1.13 bits per heavy atom. The van der Waals surface area contributed by atoms with E-state index in [9.17, 15) is 17.6 Å². The summed E-state index contributed by atoms with van der Waals surface area (Å²) < 4.78 is 42.6. The van der Waals surface area contributed by atoms with Crippen LogP contribution < -0.4 is 10.1 Å². The van der Waals surface area contributed by atoms with Crippen molar-refractivity contribution >= 4 is 32.2 Å².